The molecule has 0 unspecified atom stereocenters. The van der Waals surface area contributed by atoms with Gasteiger partial charge in [-0.25, -0.2) is 0 Å². The quantitative estimate of drug-likeness (QED) is 0.889. The van der Waals surface area contributed by atoms with Gasteiger partial charge in [-0.15, -0.1) is 0 Å². The van der Waals surface area contributed by atoms with E-state index in [2.05, 4.69) is 9.88 Å². The van der Waals surface area contributed by atoms with Gasteiger partial charge in [-0.2, -0.15) is 0 Å². The van der Waals surface area contributed by atoms with Gasteiger partial charge >= 0.3 is 0 Å². The number of aliphatic hydroxyl groups is 1. The van der Waals surface area contributed by atoms with Gasteiger partial charge in [0.05, 0.1) is 6.10 Å². The predicted molar refractivity (Wildman–Crippen MR) is 89.4 cm³/mol. The van der Waals surface area contributed by atoms with Crippen LogP contribution in [0.4, 0.5) is 0 Å². The Kier molecular flexibility index (Phi) is 3.83. The van der Waals surface area contributed by atoms with Crippen molar-refractivity contribution in [3.05, 3.63) is 36.0 Å². The highest BCUT2D eigenvalue weighted by atomic mass is 16.3. The normalized spacial score (nSPS) is 26.0. The molecule has 2 aliphatic rings. The number of H-pyrrole nitrogens is 1. The molecule has 0 radical (unpaired) electrons. The highest BCUT2D eigenvalue weighted by molar-refractivity contribution is 5.98. The van der Waals surface area contributed by atoms with Crippen LogP contribution in [0, 0.1) is 0 Å². The van der Waals surface area contributed by atoms with E-state index < -0.39 is 0 Å². The number of aliphatic hydroxyl groups excluding tert-OH is 1. The number of hydrogen-bond acceptors (Lipinski definition) is 3. The second kappa shape index (κ2) is 5.98. The molecule has 5 nitrogen and oxygen atoms in total. The second-order valence-electron chi connectivity index (χ2n) is 6.67. The highest BCUT2D eigenvalue weighted by Crippen LogP contribution is 2.25. The van der Waals surface area contributed by atoms with Gasteiger partial charge in [0.25, 0.3) is 5.91 Å². The minimum Gasteiger partial charge on any atom is -0.391 e. The van der Waals surface area contributed by atoms with Gasteiger partial charge in [0.15, 0.2) is 0 Å². The summed E-state index contributed by atoms with van der Waals surface area (Å²) in [5.41, 5.74) is 1.75. The van der Waals surface area contributed by atoms with Gasteiger partial charge < -0.3 is 15.0 Å². The number of carbonyl (C=O) groups is 1. The minimum atomic E-state index is -0.187. The molecular weight excluding hydrogens is 290 g/mol. The van der Waals surface area contributed by atoms with E-state index in [1.165, 1.54) is 0 Å². The molecule has 4 rings (SSSR count). The lowest BCUT2D eigenvalue weighted by Crippen LogP contribution is -2.53. The number of piperazine rings is 1. The van der Waals surface area contributed by atoms with Crippen LogP contribution >= 0.6 is 0 Å². The molecule has 2 heterocycles. The van der Waals surface area contributed by atoms with Gasteiger partial charge in [0, 0.05) is 49.5 Å². The molecule has 2 atom stereocenters. The zero-order valence-electron chi connectivity index (χ0n) is 13.2. The van der Waals surface area contributed by atoms with E-state index in [9.17, 15) is 9.90 Å². The van der Waals surface area contributed by atoms with Crippen molar-refractivity contribution in [2.75, 3.05) is 26.2 Å². The molecule has 0 bridgehead atoms. The van der Waals surface area contributed by atoms with Crippen molar-refractivity contribution < 1.29 is 9.90 Å². The largest absolute Gasteiger partial charge is 0.391 e. The fraction of sp³-hybridized carbons (Fsp3) is 0.500. The third-order valence-corrected chi connectivity index (χ3v) is 5.32. The molecule has 2 fully saturated rings. The smallest absolute Gasteiger partial charge is 0.254 e. The average molecular weight is 313 g/mol. The van der Waals surface area contributed by atoms with Crippen molar-refractivity contribution in [2.45, 2.75) is 31.4 Å². The van der Waals surface area contributed by atoms with Crippen molar-refractivity contribution in [3.8, 4) is 0 Å². The second-order valence-corrected chi connectivity index (χ2v) is 6.67. The summed E-state index contributed by atoms with van der Waals surface area (Å²) < 4.78 is 0. The summed E-state index contributed by atoms with van der Waals surface area (Å²) in [7, 11) is 0. The molecular formula is C18H23N3O2. The number of fused-ring (bicyclic) bond motifs is 1. The Hall–Kier alpha value is -1.85. The molecule has 1 aromatic carbocycles. The van der Waals surface area contributed by atoms with Gasteiger partial charge in [0.1, 0.15) is 0 Å². The van der Waals surface area contributed by atoms with Crippen LogP contribution in [0.25, 0.3) is 10.9 Å². The summed E-state index contributed by atoms with van der Waals surface area (Å²) in [5, 5.41) is 11.2. The molecule has 2 N–H and O–H groups in total. The first-order chi connectivity index (χ1) is 11.2. The van der Waals surface area contributed by atoms with E-state index in [0.717, 1.165) is 61.9 Å². The van der Waals surface area contributed by atoms with Gasteiger partial charge in [-0.1, -0.05) is 6.07 Å². The lowest BCUT2D eigenvalue weighted by Gasteiger charge is -2.39. The zero-order chi connectivity index (χ0) is 15.8. The van der Waals surface area contributed by atoms with E-state index in [4.69, 9.17) is 0 Å². The maximum Gasteiger partial charge on any atom is 0.254 e. The Morgan fingerprint density at radius 3 is 2.70 bits per heavy atom. The number of carbonyl (C=O) groups excluding carboxylic acids is 1. The topological polar surface area (TPSA) is 59.6 Å². The lowest BCUT2D eigenvalue weighted by molar-refractivity contribution is 0.0315. The summed E-state index contributed by atoms with van der Waals surface area (Å²) in [6.45, 7) is 3.20. The van der Waals surface area contributed by atoms with Crippen LogP contribution in [-0.2, 0) is 0 Å². The molecule has 5 heteroatoms. The molecule has 1 saturated heterocycles. The summed E-state index contributed by atoms with van der Waals surface area (Å²) in [6.07, 6.45) is 4.82. The Balaban J connectivity index is 1.42. The number of rotatable bonds is 2. The number of aromatic amines is 1. The summed E-state index contributed by atoms with van der Waals surface area (Å²) in [6, 6.07) is 8.14. The number of amides is 1. The van der Waals surface area contributed by atoms with Crippen LogP contribution < -0.4 is 0 Å². The van der Waals surface area contributed by atoms with Crippen molar-refractivity contribution >= 4 is 16.8 Å². The molecule has 1 aliphatic heterocycles. The van der Waals surface area contributed by atoms with Crippen LogP contribution in [0.2, 0.25) is 0 Å². The van der Waals surface area contributed by atoms with E-state index in [1.54, 1.807) is 0 Å². The predicted octanol–water partition coefficient (Wildman–Crippen LogP) is 1.84. The van der Waals surface area contributed by atoms with Gasteiger partial charge in [0.2, 0.25) is 0 Å². The Morgan fingerprint density at radius 1 is 1.13 bits per heavy atom. The number of benzene rings is 1. The van der Waals surface area contributed by atoms with E-state index in [1.807, 2.05) is 35.4 Å². The number of nitrogens with one attached hydrogen (secondary N) is 1. The molecule has 1 aromatic heterocycles. The first-order valence-corrected chi connectivity index (χ1v) is 8.51. The van der Waals surface area contributed by atoms with Crippen molar-refractivity contribution in [1.82, 2.24) is 14.8 Å². The average Bonchev–Trinajstić information content (AvgIpc) is 3.22. The minimum absolute atomic E-state index is 0.105. The molecule has 2 aromatic rings. The first kappa shape index (κ1) is 14.7. The maximum atomic E-state index is 12.7. The number of hydrogen-bond donors (Lipinski definition) is 2. The molecule has 1 aliphatic carbocycles. The van der Waals surface area contributed by atoms with E-state index in [0.29, 0.717) is 6.04 Å². The van der Waals surface area contributed by atoms with Crippen LogP contribution in [-0.4, -0.2) is 64.1 Å². The SMILES string of the molecule is O=C(c1ccc2cc[nH]c2c1)N1CCN([C@H]2CCC[C@H]2O)CC1. The molecule has 1 saturated carbocycles. The Labute approximate surface area is 135 Å². The zero-order valence-corrected chi connectivity index (χ0v) is 13.2. The van der Waals surface area contributed by atoms with Crippen molar-refractivity contribution in [3.63, 3.8) is 0 Å². The van der Waals surface area contributed by atoms with Gasteiger partial charge in [-0.3, -0.25) is 9.69 Å². The molecule has 23 heavy (non-hydrogen) atoms. The number of aromatic nitrogens is 1. The van der Waals surface area contributed by atoms with Crippen LogP contribution in [0.3, 0.4) is 0 Å². The maximum absolute atomic E-state index is 12.7. The number of nitrogens with zero attached hydrogens (tertiary/aromatic N) is 2. The fourth-order valence-electron chi connectivity index (χ4n) is 3.97. The van der Waals surface area contributed by atoms with Crippen LogP contribution in [0.15, 0.2) is 30.5 Å². The third-order valence-electron chi connectivity index (χ3n) is 5.32. The highest BCUT2D eigenvalue weighted by Gasteiger charge is 2.33. The molecule has 122 valence electrons. The molecule has 0 spiro atoms. The lowest BCUT2D eigenvalue weighted by atomic mass is 10.1. The monoisotopic (exact) mass is 313 g/mol. The fourth-order valence-corrected chi connectivity index (χ4v) is 3.97. The Morgan fingerprint density at radius 2 is 1.96 bits per heavy atom. The third kappa shape index (κ3) is 2.75. The van der Waals surface area contributed by atoms with E-state index >= 15 is 0 Å². The summed E-state index contributed by atoms with van der Waals surface area (Å²) in [5.74, 6) is 0.105. The molecule has 1 amide bonds. The van der Waals surface area contributed by atoms with Crippen molar-refractivity contribution in [2.24, 2.45) is 0 Å². The van der Waals surface area contributed by atoms with Crippen LogP contribution in [0.5, 0.6) is 0 Å². The standard InChI is InChI=1S/C18H23N3O2/c22-17-3-1-2-16(17)20-8-10-21(11-9-20)18(23)14-5-4-13-6-7-19-15(13)12-14/h4-7,12,16-17,19,22H,1-3,8-11H2/t16-,17+/m0/s1. The van der Waals surface area contributed by atoms with Gasteiger partial charge in [-0.05, 0) is 42.8 Å². The van der Waals surface area contributed by atoms with Crippen molar-refractivity contribution in [1.29, 1.82) is 0 Å². The van der Waals surface area contributed by atoms with E-state index in [-0.39, 0.29) is 12.0 Å². The van der Waals surface area contributed by atoms with Crippen LogP contribution in [0.1, 0.15) is 29.6 Å². The first-order valence-electron chi connectivity index (χ1n) is 8.51. The Bertz CT molecular complexity index is 703. The summed E-state index contributed by atoms with van der Waals surface area (Å²) >= 11 is 0. The summed E-state index contributed by atoms with van der Waals surface area (Å²) in [4.78, 5) is 20.2.